The van der Waals surface area contributed by atoms with E-state index in [0.29, 0.717) is 27.2 Å². The van der Waals surface area contributed by atoms with Crippen LogP contribution in [-0.4, -0.2) is 18.6 Å². The zero-order valence-electron chi connectivity index (χ0n) is 12.9. The Bertz CT molecular complexity index is 690. The van der Waals surface area contributed by atoms with Gasteiger partial charge >= 0.3 is 0 Å². The highest BCUT2D eigenvalue weighted by Gasteiger charge is 2.09. The predicted octanol–water partition coefficient (Wildman–Crippen LogP) is 4.83. The maximum absolute atomic E-state index is 12.1. The van der Waals surface area contributed by atoms with Gasteiger partial charge in [0.25, 0.3) is 0 Å². The number of hydrogen-bond acceptors (Lipinski definition) is 3. The summed E-state index contributed by atoms with van der Waals surface area (Å²) in [5, 5.41) is 6.81. The van der Waals surface area contributed by atoms with Gasteiger partial charge in [-0.3, -0.25) is 4.79 Å². The van der Waals surface area contributed by atoms with Crippen LogP contribution in [0.15, 0.2) is 42.5 Å². The molecule has 0 unspecified atom stereocenters. The molecule has 0 saturated heterocycles. The second-order valence-electron chi connectivity index (χ2n) is 5.19. The number of benzene rings is 2. The fraction of sp³-hybridized carbons (Fsp3) is 0.235. The normalized spacial score (nSPS) is 10.5. The molecule has 0 saturated carbocycles. The number of halogens is 2. The molecule has 2 N–H and O–H groups in total. The van der Waals surface area contributed by atoms with E-state index in [1.54, 1.807) is 24.3 Å². The van der Waals surface area contributed by atoms with Crippen LogP contribution in [0.3, 0.4) is 0 Å². The summed E-state index contributed by atoms with van der Waals surface area (Å²) in [7, 11) is 0. The highest BCUT2D eigenvalue weighted by Crippen LogP contribution is 2.26. The lowest BCUT2D eigenvalue weighted by molar-refractivity contribution is -0.114. The summed E-state index contributed by atoms with van der Waals surface area (Å²) in [5.41, 5.74) is 1.29. The molecule has 2 aromatic carbocycles. The van der Waals surface area contributed by atoms with Crippen LogP contribution in [0.4, 0.5) is 11.4 Å². The minimum Gasteiger partial charge on any atom is -0.489 e. The summed E-state index contributed by atoms with van der Waals surface area (Å²) in [6.07, 6.45) is 0.0269. The van der Waals surface area contributed by atoms with Gasteiger partial charge in [-0.15, -0.1) is 0 Å². The van der Waals surface area contributed by atoms with Gasteiger partial charge in [-0.1, -0.05) is 35.3 Å². The third-order valence-corrected chi connectivity index (χ3v) is 3.44. The van der Waals surface area contributed by atoms with Gasteiger partial charge in [-0.2, -0.15) is 0 Å². The zero-order chi connectivity index (χ0) is 16.8. The Balaban J connectivity index is 1.97. The smallest absolute Gasteiger partial charge is 0.243 e. The Kier molecular flexibility index (Phi) is 6.13. The van der Waals surface area contributed by atoms with Crippen molar-refractivity contribution in [2.75, 3.05) is 17.2 Å². The quantitative estimate of drug-likeness (QED) is 0.782. The standard InChI is InChI=1S/C17H18Cl2N2O2/c1-11(2)23-16-6-4-3-5-15(16)21-17(22)10-20-14-8-7-12(18)9-13(14)19/h3-9,11,20H,10H2,1-2H3,(H,21,22). The van der Waals surface area contributed by atoms with E-state index in [2.05, 4.69) is 10.6 Å². The first kappa shape index (κ1) is 17.4. The lowest BCUT2D eigenvalue weighted by Crippen LogP contribution is -2.22. The van der Waals surface area contributed by atoms with E-state index in [0.717, 1.165) is 0 Å². The lowest BCUT2D eigenvalue weighted by Gasteiger charge is -2.15. The van der Waals surface area contributed by atoms with Crippen LogP contribution in [0.5, 0.6) is 5.75 Å². The average Bonchev–Trinajstić information content (AvgIpc) is 2.48. The maximum atomic E-state index is 12.1. The molecular weight excluding hydrogens is 335 g/mol. The Morgan fingerprint density at radius 2 is 1.87 bits per heavy atom. The summed E-state index contributed by atoms with van der Waals surface area (Å²) in [6.45, 7) is 3.95. The molecule has 23 heavy (non-hydrogen) atoms. The van der Waals surface area contributed by atoms with E-state index in [1.807, 2.05) is 32.0 Å². The Labute approximate surface area is 145 Å². The van der Waals surface area contributed by atoms with Gasteiger partial charge in [-0.25, -0.2) is 0 Å². The van der Waals surface area contributed by atoms with Crippen molar-refractivity contribution in [3.8, 4) is 5.75 Å². The van der Waals surface area contributed by atoms with Crippen molar-refractivity contribution in [2.45, 2.75) is 20.0 Å². The molecule has 0 heterocycles. The first-order valence-corrected chi connectivity index (χ1v) is 7.96. The summed E-state index contributed by atoms with van der Waals surface area (Å²) in [4.78, 5) is 12.1. The zero-order valence-corrected chi connectivity index (χ0v) is 14.4. The minimum atomic E-state index is -0.198. The van der Waals surface area contributed by atoms with Crippen molar-refractivity contribution in [3.63, 3.8) is 0 Å². The topological polar surface area (TPSA) is 50.4 Å². The van der Waals surface area contributed by atoms with E-state index < -0.39 is 0 Å². The number of amides is 1. The number of para-hydroxylation sites is 2. The van der Waals surface area contributed by atoms with Gasteiger partial charge < -0.3 is 15.4 Å². The number of anilines is 2. The number of carbonyl (C=O) groups excluding carboxylic acids is 1. The van der Waals surface area contributed by atoms with Gasteiger partial charge in [-0.05, 0) is 44.2 Å². The van der Waals surface area contributed by atoms with Crippen molar-refractivity contribution < 1.29 is 9.53 Å². The van der Waals surface area contributed by atoms with Gasteiger partial charge in [0.05, 0.1) is 29.0 Å². The monoisotopic (exact) mass is 352 g/mol. The molecule has 0 atom stereocenters. The van der Waals surface area contributed by atoms with Crippen LogP contribution in [0.25, 0.3) is 0 Å². The predicted molar refractivity (Wildman–Crippen MR) is 95.8 cm³/mol. The summed E-state index contributed by atoms with van der Waals surface area (Å²) < 4.78 is 5.67. The van der Waals surface area contributed by atoms with E-state index >= 15 is 0 Å². The number of rotatable bonds is 6. The van der Waals surface area contributed by atoms with Crippen LogP contribution < -0.4 is 15.4 Å². The molecule has 4 nitrogen and oxygen atoms in total. The molecular formula is C17H18Cl2N2O2. The largest absolute Gasteiger partial charge is 0.489 e. The summed E-state index contributed by atoms with van der Waals surface area (Å²) >= 11 is 11.9. The van der Waals surface area contributed by atoms with Crippen molar-refractivity contribution in [1.82, 2.24) is 0 Å². The molecule has 1 amide bonds. The first-order chi connectivity index (χ1) is 11.0. The third-order valence-electron chi connectivity index (χ3n) is 2.89. The molecule has 0 aliphatic carbocycles. The molecule has 0 bridgehead atoms. The van der Waals surface area contributed by atoms with E-state index in [1.165, 1.54) is 0 Å². The molecule has 0 aromatic heterocycles. The van der Waals surface area contributed by atoms with Crippen LogP contribution in [0.1, 0.15) is 13.8 Å². The highest BCUT2D eigenvalue weighted by atomic mass is 35.5. The van der Waals surface area contributed by atoms with Crippen molar-refractivity contribution in [3.05, 3.63) is 52.5 Å². The average molecular weight is 353 g/mol. The molecule has 0 fully saturated rings. The van der Waals surface area contributed by atoms with Crippen LogP contribution >= 0.6 is 23.2 Å². The fourth-order valence-electron chi connectivity index (χ4n) is 1.93. The number of ether oxygens (including phenoxy) is 1. The fourth-order valence-corrected chi connectivity index (χ4v) is 2.40. The molecule has 0 spiro atoms. The van der Waals surface area contributed by atoms with E-state index in [9.17, 15) is 4.79 Å². The minimum absolute atomic E-state index is 0.0269. The Morgan fingerprint density at radius 1 is 1.13 bits per heavy atom. The van der Waals surface area contributed by atoms with Gasteiger partial charge in [0.15, 0.2) is 0 Å². The molecule has 0 aliphatic rings. The van der Waals surface area contributed by atoms with E-state index in [-0.39, 0.29) is 18.6 Å². The highest BCUT2D eigenvalue weighted by molar-refractivity contribution is 6.36. The first-order valence-electron chi connectivity index (χ1n) is 7.20. The van der Waals surface area contributed by atoms with E-state index in [4.69, 9.17) is 27.9 Å². The van der Waals surface area contributed by atoms with Crippen LogP contribution in [-0.2, 0) is 4.79 Å². The molecule has 0 aliphatic heterocycles. The Morgan fingerprint density at radius 3 is 2.57 bits per heavy atom. The molecule has 122 valence electrons. The molecule has 0 radical (unpaired) electrons. The summed E-state index contributed by atoms with van der Waals surface area (Å²) in [5.74, 6) is 0.441. The second-order valence-corrected chi connectivity index (χ2v) is 6.03. The molecule has 2 rings (SSSR count). The maximum Gasteiger partial charge on any atom is 0.243 e. The van der Waals surface area contributed by atoms with Gasteiger partial charge in [0, 0.05) is 5.02 Å². The van der Waals surface area contributed by atoms with Crippen molar-refractivity contribution >= 4 is 40.5 Å². The third kappa shape index (κ3) is 5.34. The number of nitrogens with one attached hydrogen (secondary N) is 2. The van der Waals surface area contributed by atoms with Crippen molar-refractivity contribution in [1.29, 1.82) is 0 Å². The number of hydrogen-bond donors (Lipinski definition) is 2. The van der Waals surface area contributed by atoms with Gasteiger partial charge in [0.1, 0.15) is 5.75 Å². The molecule has 6 heteroatoms. The summed E-state index contributed by atoms with van der Waals surface area (Å²) in [6, 6.07) is 12.4. The van der Waals surface area contributed by atoms with Gasteiger partial charge in [0.2, 0.25) is 5.91 Å². The second kappa shape index (κ2) is 8.09. The molecule has 2 aromatic rings. The Hall–Kier alpha value is -1.91. The number of carbonyl (C=O) groups is 1. The van der Waals surface area contributed by atoms with Crippen LogP contribution in [0.2, 0.25) is 10.0 Å². The SMILES string of the molecule is CC(C)Oc1ccccc1NC(=O)CNc1ccc(Cl)cc1Cl. The van der Waals surface area contributed by atoms with Crippen LogP contribution in [0, 0.1) is 0 Å². The van der Waals surface area contributed by atoms with Crippen molar-refractivity contribution in [2.24, 2.45) is 0 Å². The lowest BCUT2D eigenvalue weighted by atomic mass is 10.2.